The molecule has 2 heterocycles. The molecule has 0 N–H and O–H groups in total. The van der Waals surface area contributed by atoms with E-state index in [9.17, 15) is 0 Å². The molecule has 0 bridgehead atoms. The normalized spacial score (nSPS) is 22.6. The van der Waals surface area contributed by atoms with Gasteiger partial charge in [0.15, 0.2) is 0 Å². The average Bonchev–Trinajstić information content (AvgIpc) is 3.63. The summed E-state index contributed by atoms with van der Waals surface area (Å²) in [6, 6.07) is 46.2. The van der Waals surface area contributed by atoms with Crippen molar-refractivity contribution >= 4 is 15.8 Å². The highest BCUT2D eigenvalue weighted by molar-refractivity contribution is 7.78. The van der Waals surface area contributed by atoms with Gasteiger partial charge in [-0.15, -0.1) is 0 Å². The molecule has 2 atom stereocenters. The summed E-state index contributed by atoms with van der Waals surface area (Å²) in [6.45, 7) is 5.37. The van der Waals surface area contributed by atoms with Crippen molar-refractivity contribution in [2.45, 2.75) is 54.7 Å². The summed E-state index contributed by atoms with van der Waals surface area (Å²) in [5, 5.41) is 0.261. The second-order valence-corrected chi connectivity index (χ2v) is 17.9. The SMILES string of the molecule is CC(C)(P1CCCC1(c1ccccc1)c1ccccc1)P1CCCC1(c1ccccc1)c1ccccc1. The minimum Gasteiger partial charge on any atom is -0.0808 e. The molecule has 0 aliphatic carbocycles. The molecule has 2 aliphatic rings. The number of hydrogen-bond donors (Lipinski definition) is 0. The fourth-order valence-electron chi connectivity index (χ4n) is 7.65. The summed E-state index contributed by atoms with van der Waals surface area (Å²) in [5.74, 6) is 0. The van der Waals surface area contributed by atoms with Crippen LogP contribution in [0.4, 0.5) is 0 Å². The predicted octanol–water partition coefficient (Wildman–Crippen LogP) is 10.2. The van der Waals surface area contributed by atoms with Crippen LogP contribution in [-0.4, -0.2) is 17.2 Å². The first kappa shape index (κ1) is 25.0. The molecule has 2 heteroatoms. The fraction of sp³-hybridized carbons (Fsp3) is 0.314. The molecule has 188 valence electrons. The van der Waals surface area contributed by atoms with Crippen LogP contribution in [0.5, 0.6) is 0 Å². The Morgan fingerprint density at radius 2 is 0.730 bits per heavy atom. The molecule has 2 aliphatic heterocycles. The maximum atomic E-state index is 2.68. The van der Waals surface area contributed by atoms with Gasteiger partial charge in [-0.2, -0.15) is 0 Å². The molecular formula is C35H38P2. The van der Waals surface area contributed by atoms with Gasteiger partial charge in [0.1, 0.15) is 0 Å². The zero-order valence-electron chi connectivity index (χ0n) is 22.2. The number of rotatable bonds is 6. The van der Waals surface area contributed by atoms with Gasteiger partial charge in [0, 0.05) is 15.2 Å². The van der Waals surface area contributed by atoms with E-state index in [1.54, 1.807) is 0 Å². The smallest absolute Gasteiger partial charge is 0.0409 e. The molecule has 0 saturated carbocycles. The summed E-state index contributed by atoms with van der Waals surface area (Å²) >= 11 is 0. The Morgan fingerprint density at radius 1 is 0.459 bits per heavy atom. The molecule has 0 nitrogen and oxygen atoms in total. The largest absolute Gasteiger partial charge is 0.0808 e. The van der Waals surface area contributed by atoms with E-state index in [2.05, 4.69) is 135 Å². The van der Waals surface area contributed by atoms with Gasteiger partial charge in [-0.05, 0) is 60.3 Å². The van der Waals surface area contributed by atoms with E-state index in [4.69, 9.17) is 0 Å². The van der Waals surface area contributed by atoms with Crippen molar-refractivity contribution in [2.75, 3.05) is 12.3 Å². The zero-order valence-corrected chi connectivity index (χ0v) is 24.0. The molecule has 2 fully saturated rings. The number of benzene rings is 4. The molecule has 4 aromatic carbocycles. The molecule has 0 radical (unpaired) electrons. The summed E-state index contributed by atoms with van der Waals surface area (Å²) < 4.78 is 0. The molecule has 0 spiro atoms. The van der Waals surface area contributed by atoms with Gasteiger partial charge in [0.2, 0.25) is 0 Å². The van der Waals surface area contributed by atoms with Gasteiger partial charge in [-0.25, -0.2) is 0 Å². The summed E-state index contributed by atoms with van der Waals surface area (Å²) in [4.78, 5) is 0.273. The van der Waals surface area contributed by atoms with Crippen molar-refractivity contribution in [1.82, 2.24) is 0 Å². The van der Waals surface area contributed by atoms with Gasteiger partial charge < -0.3 is 0 Å². The Bertz CT molecular complexity index is 1120. The van der Waals surface area contributed by atoms with Crippen molar-refractivity contribution in [3.05, 3.63) is 144 Å². The van der Waals surface area contributed by atoms with E-state index >= 15 is 0 Å². The van der Waals surface area contributed by atoms with Crippen LogP contribution in [0.1, 0.15) is 61.8 Å². The van der Waals surface area contributed by atoms with Gasteiger partial charge in [0.25, 0.3) is 0 Å². The third kappa shape index (κ3) is 4.04. The summed E-state index contributed by atoms with van der Waals surface area (Å²) in [6.07, 6.45) is 7.92. The Balaban J connectivity index is 1.54. The fourth-order valence-corrected chi connectivity index (χ4v) is 17.8. The van der Waals surface area contributed by atoms with E-state index in [1.165, 1.54) is 60.3 Å². The van der Waals surface area contributed by atoms with Crippen molar-refractivity contribution in [3.63, 3.8) is 0 Å². The Hall–Kier alpha value is -2.26. The highest BCUT2D eigenvalue weighted by atomic mass is 31.2. The molecule has 2 saturated heterocycles. The van der Waals surface area contributed by atoms with Crippen LogP contribution < -0.4 is 0 Å². The van der Waals surface area contributed by atoms with Gasteiger partial charge >= 0.3 is 0 Å². The molecule has 6 rings (SSSR count). The second kappa shape index (κ2) is 10.1. The van der Waals surface area contributed by atoms with E-state index in [1.807, 2.05) is 0 Å². The highest BCUT2D eigenvalue weighted by Gasteiger charge is 2.59. The first-order valence-corrected chi connectivity index (χ1v) is 16.9. The molecule has 37 heavy (non-hydrogen) atoms. The lowest BCUT2D eigenvalue weighted by Gasteiger charge is -2.53. The van der Waals surface area contributed by atoms with Gasteiger partial charge in [-0.1, -0.05) is 151 Å². The third-order valence-electron chi connectivity index (χ3n) is 9.09. The lowest BCUT2D eigenvalue weighted by Crippen LogP contribution is -2.35. The van der Waals surface area contributed by atoms with Crippen LogP contribution in [0.3, 0.4) is 0 Å². The highest BCUT2D eigenvalue weighted by Crippen LogP contribution is 2.85. The monoisotopic (exact) mass is 520 g/mol. The van der Waals surface area contributed by atoms with Crippen molar-refractivity contribution < 1.29 is 0 Å². The van der Waals surface area contributed by atoms with Gasteiger partial charge in [-0.3, -0.25) is 0 Å². The predicted molar refractivity (Wildman–Crippen MR) is 163 cm³/mol. The van der Waals surface area contributed by atoms with Crippen LogP contribution >= 0.6 is 15.8 Å². The molecule has 0 aromatic heterocycles. The topological polar surface area (TPSA) is 0 Å². The molecule has 0 amide bonds. The van der Waals surface area contributed by atoms with Crippen molar-refractivity contribution in [1.29, 1.82) is 0 Å². The minimum atomic E-state index is -0.310. The van der Waals surface area contributed by atoms with Gasteiger partial charge in [0.05, 0.1) is 0 Å². The van der Waals surface area contributed by atoms with Crippen molar-refractivity contribution in [2.24, 2.45) is 0 Å². The van der Waals surface area contributed by atoms with Crippen LogP contribution in [0.25, 0.3) is 0 Å². The lowest BCUT2D eigenvalue weighted by atomic mass is 9.87. The minimum absolute atomic E-state index is 0.130. The second-order valence-electron chi connectivity index (χ2n) is 11.2. The van der Waals surface area contributed by atoms with Crippen LogP contribution in [0.2, 0.25) is 0 Å². The van der Waals surface area contributed by atoms with Crippen LogP contribution in [-0.2, 0) is 10.3 Å². The summed E-state index contributed by atoms with van der Waals surface area (Å²) in [5.41, 5.74) is 6.16. The molecule has 4 aromatic rings. The number of hydrogen-bond acceptors (Lipinski definition) is 0. The van der Waals surface area contributed by atoms with E-state index < -0.39 is 0 Å². The van der Waals surface area contributed by atoms with E-state index in [0.717, 1.165) is 0 Å². The average molecular weight is 521 g/mol. The standard InChI is InChI=1S/C35H38P2/c1-33(2,36-27-15-25-34(36,29-17-7-3-8-18-29)30-19-9-4-10-20-30)37-28-16-26-35(37,31-21-11-5-12-22-31)32-23-13-6-14-24-32/h3-14,17-24H,15-16,25-28H2,1-2H3. The molecular weight excluding hydrogens is 482 g/mol. The Labute approximate surface area is 226 Å². The maximum absolute atomic E-state index is 2.68. The maximum Gasteiger partial charge on any atom is 0.0409 e. The summed E-state index contributed by atoms with van der Waals surface area (Å²) in [7, 11) is -0.620. The lowest BCUT2D eigenvalue weighted by molar-refractivity contribution is 0.664. The first-order valence-electron chi connectivity index (χ1n) is 13.9. The van der Waals surface area contributed by atoms with Crippen LogP contribution in [0, 0.1) is 0 Å². The first-order chi connectivity index (χ1) is 18.1. The Morgan fingerprint density at radius 3 is 1.00 bits per heavy atom. The van der Waals surface area contributed by atoms with Crippen LogP contribution in [0.15, 0.2) is 121 Å². The molecule has 2 unspecified atom stereocenters. The third-order valence-corrected chi connectivity index (χ3v) is 18.0. The quantitative estimate of drug-likeness (QED) is 0.222. The van der Waals surface area contributed by atoms with Crippen molar-refractivity contribution in [3.8, 4) is 0 Å². The van der Waals surface area contributed by atoms with E-state index in [0.29, 0.717) is 0 Å². The Kier molecular flexibility index (Phi) is 6.86. The van der Waals surface area contributed by atoms with E-state index in [-0.39, 0.29) is 31.1 Å². The zero-order chi connectivity index (χ0) is 25.3.